The summed E-state index contributed by atoms with van der Waals surface area (Å²) in [7, 11) is 0. The quantitative estimate of drug-likeness (QED) is 0.644. The van der Waals surface area contributed by atoms with Gasteiger partial charge in [0.05, 0.1) is 21.3 Å². The minimum atomic E-state index is -0.686. The standard InChI is InChI=1S/C14H9Cl3FNO2/c15-9-2-1-7(11(18)5-9)6-21-14(20)8-3-10(16)13(17)12(19)4-8/h1-5H,6,19H2. The third kappa shape index (κ3) is 3.79. The van der Waals surface area contributed by atoms with Crippen LogP contribution in [0.3, 0.4) is 0 Å². The van der Waals surface area contributed by atoms with Crippen molar-refractivity contribution in [2.24, 2.45) is 0 Å². The van der Waals surface area contributed by atoms with Gasteiger partial charge in [-0.15, -0.1) is 0 Å². The van der Waals surface area contributed by atoms with E-state index in [-0.39, 0.29) is 38.5 Å². The molecule has 0 aromatic heterocycles. The number of halogens is 4. The Morgan fingerprint density at radius 1 is 1.19 bits per heavy atom. The van der Waals surface area contributed by atoms with Crippen LogP contribution in [0.25, 0.3) is 0 Å². The van der Waals surface area contributed by atoms with E-state index in [0.717, 1.165) is 6.07 Å². The molecule has 0 aliphatic carbocycles. The van der Waals surface area contributed by atoms with Gasteiger partial charge in [0, 0.05) is 10.6 Å². The predicted molar refractivity (Wildman–Crippen MR) is 81.4 cm³/mol. The number of anilines is 1. The van der Waals surface area contributed by atoms with Gasteiger partial charge in [0.15, 0.2) is 0 Å². The Balaban J connectivity index is 2.12. The maximum Gasteiger partial charge on any atom is 0.338 e. The topological polar surface area (TPSA) is 52.3 Å². The molecule has 0 amide bonds. The number of benzene rings is 2. The first-order chi connectivity index (χ1) is 9.88. The minimum Gasteiger partial charge on any atom is -0.457 e. The van der Waals surface area contributed by atoms with E-state index in [9.17, 15) is 9.18 Å². The average molecular weight is 349 g/mol. The van der Waals surface area contributed by atoms with E-state index in [4.69, 9.17) is 45.3 Å². The number of hydrogen-bond donors (Lipinski definition) is 1. The minimum absolute atomic E-state index is 0.135. The molecule has 0 unspecified atom stereocenters. The Morgan fingerprint density at radius 2 is 1.90 bits per heavy atom. The summed E-state index contributed by atoms with van der Waals surface area (Å²) in [6.07, 6.45) is 0. The van der Waals surface area contributed by atoms with Crippen LogP contribution in [0.1, 0.15) is 15.9 Å². The lowest BCUT2D eigenvalue weighted by Crippen LogP contribution is -2.07. The van der Waals surface area contributed by atoms with Gasteiger partial charge in [-0.05, 0) is 24.3 Å². The van der Waals surface area contributed by atoms with Gasteiger partial charge in [-0.2, -0.15) is 0 Å². The molecule has 0 spiro atoms. The number of hydrogen-bond acceptors (Lipinski definition) is 3. The number of ether oxygens (including phenoxy) is 1. The third-order valence-corrected chi connectivity index (χ3v) is 3.72. The monoisotopic (exact) mass is 347 g/mol. The molecule has 0 heterocycles. The van der Waals surface area contributed by atoms with Gasteiger partial charge in [0.2, 0.25) is 0 Å². The second-order valence-corrected chi connectivity index (χ2v) is 5.39. The number of esters is 1. The molecule has 0 saturated carbocycles. The second-order valence-electron chi connectivity index (χ2n) is 4.17. The summed E-state index contributed by atoms with van der Waals surface area (Å²) in [5.74, 6) is -1.24. The maximum atomic E-state index is 13.6. The molecule has 0 aliphatic heterocycles. The molecular weight excluding hydrogens is 340 g/mol. The second kappa shape index (κ2) is 6.52. The first-order valence-electron chi connectivity index (χ1n) is 5.74. The van der Waals surface area contributed by atoms with E-state index >= 15 is 0 Å². The summed E-state index contributed by atoms with van der Waals surface area (Å²) < 4.78 is 18.6. The van der Waals surface area contributed by atoms with Crippen LogP contribution < -0.4 is 5.73 Å². The molecule has 0 aliphatic rings. The lowest BCUT2D eigenvalue weighted by Gasteiger charge is -2.08. The lowest BCUT2D eigenvalue weighted by atomic mass is 10.2. The molecule has 2 aromatic rings. The lowest BCUT2D eigenvalue weighted by molar-refractivity contribution is 0.0469. The number of nitrogens with two attached hydrogens (primary N) is 1. The van der Waals surface area contributed by atoms with Gasteiger partial charge in [0.25, 0.3) is 0 Å². The Bertz CT molecular complexity index is 684. The fraction of sp³-hybridized carbons (Fsp3) is 0.0714. The van der Waals surface area contributed by atoms with Crippen molar-refractivity contribution in [3.8, 4) is 0 Å². The molecule has 3 nitrogen and oxygen atoms in total. The smallest absolute Gasteiger partial charge is 0.338 e. The zero-order valence-electron chi connectivity index (χ0n) is 10.5. The first kappa shape index (κ1) is 15.9. The van der Waals surface area contributed by atoms with Crippen LogP contribution in [0.15, 0.2) is 30.3 Å². The van der Waals surface area contributed by atoms with Crippen LogP contribution in [0.5, 0.6) is 0 Å². The van der Waals surface area contributed by atoms with Crippen molar-refractivity contribution in [1.82, 2.24) is 0 Å². The van der Waals surface area contributed by atoms with Crippen molar-refractivity contribution in [3.63, 3.8) is 0 Å². The van der Waals surface area contributed by atoms with Crippen molar-refractivity contribution in [1.29, 1.82) is 0 Å². The highest BCUT2D eigenvalue weighted by molar-refractivity contribution is 6.43. The molecule has 7 heteroatoms. The summed E-state index contributed by atoms with van der Waals surface area (Å²) in [5, 5.41) is 0.568. The molecule has 0 radical (unpaired) electrons. The molecule has 2 rings (SSSR count). The van der Waals surface area contributed by atoms with Crippen molar-refractivity contribution in [3.05, 3.63) is 62.3 Å². The average Bonchev–Trinajstić information content (AvgIpc) is 2.43. The third-order valence-electron chi connectivity index (χ3n) is 2.67. The van der Waals surface area contributed by atoms with Crippen molar-refractivity contribution < 1.29 is 13.9 Å². The number of carbonyl (C=O) groups excluding carboxylic acids is 1. The largest absolute Gasteiger partial charge is 0.457 e. The number of rotatable bonds is 3. The zero-order chi connectivity index (χ0) is 15.6. The fourth-order valence-electron chi connectivity index (χ4n) is 1.59. The van der Waals surface area contributed by atoms with Gasteiger partial charge in [0.1, 0.15) is 12.4 Å². The summed E-state index contributed by atoms with van der Waals surface area (Å²) in [6, 6.07) is 6.76. The van der Waals surface area contributed by atoms with Gasteiger partial charge < -0.3 is 10.5 Å². The first-order valence-corrected chi connectivity index (χ1v) is 6.87. The van der Waals surface area contributed by atoms with Gasteiger partial charge in [-0.25, -0.2) is 9.18 Å². The van der Waals surface area contributed by atoms with Crippen molar-refractivity contribution in [2.75, 3.05) is 5.73 Å². The normalized spacial score (nSPS) is 10.5. The van der Waals surface area contributed by atoms with Crippen molar-refractivity contribution in [2.45, 2.75) is 6.61 Å². The molecule has 2 N–H and O–H groups in total. The Labute approximate surface area is 135 Å². The fourth-order valence-corrected chi connectivity index (χ4v) is 2.09. The molecule has 0 atom stereocenters. The van der Waals surface area contributed by atoms with E-state index in [2.05, 4.69) is 0 Å². The Hall–Kier alpha value is -1.49. The Kier molecular flexibility index (Phi) is 4.93. The van der Waals surface area contributed by atoms with Gasteiger partial charge in [-0.1, -0.05) is 40.9 Å². The summed E-state index contributed by atoms with van der Waals surface area (Å²) in [6.45, 7) is -0.234. The molecule has 21 heavy (non-hydrogen) atoms. The van der Waals surface area contributed by atoms with E-state index in [0.29, 0.717) is 0 Å². The molecule has 0 fully saturated rings. The Morgan fingerprint density at radius 3 is 2.52 bits per heavy atom. The predicted octanol–water partition coefficient (Wildman–Crippen LogP) is 4.73. The zero-order valence-corrected chi connectivity index (χ0v) is 12.8. The molecule has 110 valence electrons. The highest BCUT2D eigenvalue weighted by atomic mass is 35.5. The van der Waals surface area contributed by atoms with Crippen LogP contribution in [-0.2, 0) is 11.3 Å². The molecular formula is C14H9Cl3FNO2. The van der Waals surface area contributed by atoms with Crippen LogP contribution in [0, 0.1) is 5.82 Å². The summed E-state index contributed by atoms with van der Waals surface area (Å²) in [4.78, 5) is 11.9. The van der Waals surface area contributed by atoms with Crippen molar-refractivity contribution >= 4 is 46.5 Å². The van der Waals surface area contributed by atoms with Gasteiger partial charge >= 0.3 is 5.97 Å². The van der Waals surface area contributed by atoms with E-state index < -0.39 is 11.8 Å². The van der Waals surface area contributed by atoms with Gasteiger partial charge in [-0.3, -0.25) is 0 Å². The van der Waals surface area contributed by atoms with Crippen LogP contribution in [-0.4, -0.2) is 5.97 Å². The summed E-state index contributed by atoms with van der Waals surface area (Å²) in [5.41, 5.74) is 6.11. The highest BCUT2D eigenvalue weighted by Gasteiger charge is 2.13. The van der Waals surface area contributed by atoms with Crippen LogP contribution >= 0.6 is 34.8 Å². The van der Waals surface area contributed by atoms with Crippen LogP contribution in [0.2, 0.25) is 15.1 Å². The van der Waals surface area contributed by atoms with E-state index in [1.807, 2.05) is 0 Å². The van der Waals surface area contributed by atoms with E-state index in [1.165, 1.54) is 24.3 Å². The maximum absolute atomic E-state index is 13.6. The number of nitrogen functional groups attached to an aromatic ring is 1. The summed E-state index contributed by atoms with van der Waals surface area (Å²) >= 11 is 17.3. The molecule has 0 saturated heterocycles. The highest BCUT2D eigenvalue weighted by Crippen LogP contribution is 2.29. The number of carbonyl (C=O) groups is 1. The van der Waals surface area contributed by atoms with Crippen LogP contribution in [0.4, 0.5) is 10.1 Å². The molecule has 0 bridgehead atoms. The SMILES string of the molecule is Nc1cc(C(=O)OCc2ccc(Cl)cc2F)cc(Cl)c1Cl. The molecule has 2 aromatic carbocycles. The van der Waals surface area contributed by atoms with E-state index in [1.54, 1.807) is 0 Å².